The fourth-order valence-electron chi connectivity index (χ4n) is 2.66. The molecule has 1 N–H and O–H groups in total. The Morgan fingerprint density at radius 3 is 2.56 bits per heavy atom. The van der Waals surface area contributed by atoms with Gasteiger partial charge in [0, 0.05) is 17.5 Å². The van der Waals surface area contributed by atoms with Gasteiger partial charge in [-0.25, -0.2) is 4.79 Å². The third-order valence-electron chi connectivity index (χ3n) is 4.10. The Bertz CT molecular complexity index is 759. The van der Waals surface area contributed by atoms with Crippen LogP contribution in [0.1, 0.15) is 29.2 Å². The van der Waals surface area contributed by atoms with Crippen LogP contribution in [0.3, 0.4) is 0 Å². The van der Waals surface area contributed by atoms with E-state index < -0.39 is 6.09 Å². The predicted octanol–water partition coefficient (Wildman–Crippen LogP) is 4.88. The summed E-state index contributed by atoms with van der Waals surface area (Å²) in [5.41, 5.74) is 4.54. The molecule has 0 aliphatic rings. The molecule has 0 aromatic heterocycles. The summed E-state index contributed by atoms with van der Waals surface area (Å²) in [5, 5.41) is 2.47. The second-order valence-corrected chi connectivity index (χ2v) is 6.61. The first-order chi connectivity index (χ1) is 12.0. The maximum absolute atomic E-state index is 11.6. The standard InChI is InChI=1S/C20H25NO3S/c1-6-15-10-14(3)18(11-13(15)2)23-12-16-17(24-20(22)21-4)8-7-9-19(16)25-5/h7-11H,6,12H2,1-5H3,(H,21,22). The first kappa shape index (κ1) is 19.2. The Morgan fingerprint density at radius 2 is 1.92 bits per heavy atom. The van der Waals surface area contributed by atoms with Crippen molar-refractivity contribution in [2.45, 2.75) is 38.7 Å². The number of hydrogen-bond donors (Lipinski definition) is 1. The second kappa shape index (κ2) is 8.81. The van der Waals surface area contributed by atoms with Gasteiger partial charge in [0.25, 0.3) is 0 Å². The lowest BCUT2D eigenvalue weighted by Gasteiger charge is -2.16. The van der Waals surface area contributed by atoms with Gasteiger partial charge in [-0.15, -0.1) is 11.8 Å². The van der Waals surface area contributed by atoms with Crippen molar-refractivity contribution in [3.8, 4) is 11.5 Å². The number of aryl methyl sites for hydroxylation is 3. The highest BCUT2D eigenvalue weighted by atomic mass is 32.2. The molecular weight excluding hydrogens is 334 g/mol. The quantitative estimate of drug-likeness (QED) is 0.746. The zero-order valence-corrected chi connectivity index (χ0v) is 16.3. The van der Waals surface area contributed by atoms with Crippen molar-refractivity contribution < 1.29 is 14.3 Å². The largest absolute Gasteiger partial charge is 0.488 e. The van der Waals surface area contributed by atoms with Crippen LogP contribution in [0.5, 0.6) is 11.5 Å². The number of ether oxygens (including phenoxy) is 2. The summed E-state index contributed by atoms with van der Waals surface area (Å²) in [7, 11) is 1.54. The van der Waals surface area contributed by atoms with Crippen molar-refractivity contribution in [2.24, 2.45) is 0 Å². The van der Waals surface area contributed by atoms with Crippen LogP contribution in [0.4, 0.5) is 4.79 Å². The van der Waals surface area contributed by atoms with Gasteiger partial charge in [-0.2, -0.15) is 0 Å². The monoisotopic (exact) mass is 359 g/mol. The summed E-state index contributed by atoms with van der Waals surface area (Å²) in [6.45, 7) is 6.64. The number of amides is 1. The Labute approximate surface area is 153 Å². The van der Waals surface area contributed by atoms with Crippen LogP contribution in [0.25, 0.3) is 0 Å². The van der Waals surface area contributed by atoms with E-state index in [1.165, 1.54) is 11.1 Å². The molecule has 2 aromatic carbocycles. The summed E-state index contributed by atoms with van der Waals surface area (Å²) < 4.78 is 11.4. The van der Waals surface area contributed by atoms with Gasteiger partial charge in [0.15, 0.2) is 0 Å². The van der Waals surface area contributed by atoms with E-state index in [4.69, 9.17) is 9.47 Å². The van der Waals surface area contributed by atoms with Crippen molar-refractivity contribution in [1.82, 2.24) is 5.32 Å². The van der Waals surface area contributed by atoms with Gasteiger partial charge in [-0.05, 0) is 61.4 Å². The molecule has 0 aliphatic heterocycles. The van der Waals surface area contributed by atoms with Gasteiger partial charge < -0.3 is 14.8 Å². The molecule has 0 bridgehead atoms. The highest BCUT2D eigenvalue weighted by molar-refractivity contribution is 7.98. The van der Waals surface area contributed by atoms with Gasteiger partial charge in [0.1, 0.15) is 18.1 Å². The molecular formula is C20H25NO3S. The molecule has 0 aliphatic carbocycles. The van der Waals surface area contributed by atoms with Gasteiger partial charge in [-0.3, -0.25) is 0 Å². The van der Waals surface area contributed by atoms with Crippen LogP contribution >= 0.6 is 11.8 Å². The third kappa shape index (κ3) is 4.69. The maximum Gasteiger partial charge on any atom is 0.412 e. The summed E-state index contributed by atoms with van der Waals surface area (Å²) in [4.78, 5) is 12.6. The minimum absolute atomic E-state index is 0.342. The lowest BCUT2D eigenvalue weighted by molar-refractivity contribution is 0.201. The zero-order valence-electron chi connectivity index (χ0n) is 15.4. The molecule has 134 valence electrons. The zero-order chi connectivity index (χ0) is 18.4. The van der Waals surface area contributed by atoms with E-state index in [0.29, 0.717) is 12.4 Å². The topological polar surface area (TPSA) is 47.6 Å². The lowest BCUT2D eigenvalue weighted by atomic mass is 10.0. The molecule has 0 spiro atoms. The SMILES string of the molecule is CCc1cc(C)c(OCc2c(OC(=O)NC)cccc2SC)cc1C. The first-order valence-corrected chi connectivity index (χ1v) is 9.51. The van der Waals surface area contributed by atoms with Crippen LogP contribution in [-0.2, 0) is 13.0 Å². The van der Waals surface area contributed by atoms with E-state index in [-0.39, 0.29) is 0 Å². The molecule has 0 unspecified atom stereocenters. The molecule has 4 nitrogen and oxygen atoms in total. The van der Waals surface area contributed by atoms with Crippen molar-refractivity contribution >= 4 is 17.9 Å². The fourth-order valence-corrected chi connectivity index (χ4v) is 3.28. The Morgan fingerprint density at radius 1 is 1.16 bits per heavy atom. The second-order valence-electron chi connectivity index (χ2n) is 5.76. The number of thioether (sulfide) groups is 1. The minimum Gasteiger partial charge on any atom is -0.488 e. The van der Waals surface area contributed by atoms with E-state index in [1.54, 1.807) is 24.9 Å². The summed E-state index contributed by atoms with van der Waals surface area (Å²) in [6.07, 6.45) is 2.51. The van der Waals surface area contributed by atoms with Gasteiger partial charge in [0.2, 0.25) is 0 Å². The van der Waals surface area contributed by atoms with Gasteiger partial charge in [0.05, 0.1) is 0 Å². The van der Waals surface area contributed by atoms with Crippen LogP contribution in [0.2, 0.25) is 0 Å². The normalized spacial score (nSPS) is 10.4. The highest BCUT2D eigenvalue weighted by Crippen LogP contribution is 2.31. The fraction of sp³-hybridized carbons (Fsp3) is 0.350. The molecule has 0 saturated heterocycles. The average molecular weight is 359 g/mol. The Balaban J connectivity index is 2.28. The third-order valence-corrected chi connectivity index (χ3v) is 4.93. The van der Waals surface area contributed by atoms with Crippen molar-refractivity contribution in [3.63, 3.8) is 0 Å². The number of carbonyl (C=O) groups is 1. The van der Waals surface area contributed by atoms with Crippen molar-refractivity contribution in [3.05, 3.63) is 52.6 Å². The van der Waals surface area contributed by atoms with Crippen LogP contribution < -0.4 is 14.8 Å². The van der Waals surface area contributed by atoms with Crippen molar-refractivity contribution in [2.75, 3.05) is 13.3 Å². The maximum atomic E-state index is 11.6. The van der Waals surface area contributed by atoms with E-state index in [1.807, 2.05) is 18.4 Å². The van der Waals surface area contributed by atoms with E-state index in [2.05, 4.69) is 38.2 Å². The smallest absolute Gasteiger partial charge is 0.412 e. The highest BCUT2D eigenvalue weighted by Gasteiger charge is 2.14. The lowest BCUT2D eigenvalue weighted by Crippen LogP contribution is -2.22. The summed E-state index contributed by atoms with van der Waals surface area (Å²) >= 11 is 1.60. The molecule has 0 saturated carbocycles. The molecule has 2 aromatic rings. The molecule has 0 radical (unpaired) electrons. The molecule has 1 amide bonds. The Kier molecular flexibility index (Phi) is 6.76. The number of rotatable bonds is 6. The Hall–Kier alpha value is -2.14. The first-order valence-electron chi connectivity index (χ1n) is 8.28. The van der Waals surface area contributed by atoms with Crippen LogP contribution in [0.15, 0.2) is 35.2 Å². The number of hydrogen-bond acceptors (Lipinski definition) is 4. The number of nitrogens with one attached hydrogen (secondary N) is 1. The summed E-state index contributed by atoms with van der Waals surface area (Å²) in [5.74, 6) is 1.38. The van der Waals surface area contributed by atoms with Crippen LogP contribution in [-0.4, -0.2) is 19.4 Å². The van der Waals surface area contributed by atoms with Gasteiger partial charge in [-0.1, -0.05) is 19.1 Å². The number of carbonyl (C=O) groups excluding carboxylic acids is 1. The molecule has 0 heterocycles. The average Bonchev–Trinajstić information content (AvgIpc) is 2.62. The van der Waals surface area contributed by atoms with E-state index in [9.17, 15) is 4.79 Å². The molecule has 0 fully saturated rings. The van der Waals surface area contributed by atoms with E-state index >= 15 is 0 Å². The predicted molar refractivity (Wildman–Crippen MR) is 103 cm³/mol. The molecule has 0 atom stereocenters. The molecule has 5 heteroatoms. The van der Waals surface area contributed by atoms with Crippen molar-refractivity contribution in [1.29, 1.82) is 0 Å². The van der Waals surface area contributed by atoms with Gasteiger partial charge >= 0.3 is 6.09 Å². The summed E-state index contributed by atoms with van der Waals surface area (Å²) in [6, 6.07) is 9.91. The minimum atomic E-state index is -0.487. The molecule has 25 heavy (non-hydrogen) atoms. The van der Waals surface area contributed by atoms with E-state index in [0.717, 1.165) is 28.2 Å². The van der Waals surface area contributed by atoms with Crippen LogP contribution in [0, 0.1) is 13.8 Å². The molecule has 2 rings (SSSR count). The number of benzene rings is 2.